The van der Waals surface area contributed by atoms with Gasteiger partial charge in [-0.1, -0.05) is 11.6 Å². The van der Waals surface area contributed by atoms with Crippen LogP contribution in [0.3, 0.4) is 0 Å². The molecule has 7 heteroatoms. The second-order valence-electron chi connectivity index (χ2n) is 4.63. The van der Waals surface area contributed by atoms with Crippen LogP contribution < -0.4 is 5.32 Å². The zero-order chi connectivity index (χ0) is 15.6. The Morgan fingerprint density at radius 3 is 2.62 bits per heavy atom. The number of carboxylic acids is 1. The van der Waals surface area contributed by atoms with E-state index >= 15 is 0 Å². The molecule has 1 heterocycles. The van der Waals surface area contributed by atoms with E-state index in [0.29, 0.717) is 0 Å². The molecule has 2 rings (SSSR count). The molecule has 0 aliphatic heterocycles. The van der Waals surface area contributed by atoms with Crippen LogP contribution in [0.15, 0.2) is 24.3 Å². The topological polar surface area (TPSA) is 84.2 Å². The van der Waals surface area contributed by atoms with E-state index in [0.717, 1.165) is 11.4 Å². The quantitative estimate of drug-likeness (QED) is 0.909. The number of rotatable bonds is 4. The molecule has 1 aromatic carbocycles. The van der Waals surface area contributed by atoms with Gasteiger partial charge in [-0.15, -0.1) is 0 Å². The molecule has 0 aliphatic rings. The number of nitrogens with zero attached hydrogens (tertiary/aromatic N) is 2. The molecule has 0 radical (unpaired) electrons. The van der Waals surface area contributed by atoms with E-state index in [4.69, 9.17) is 16.7 Å². The second kappa shape index (κ2) is 5.97. The highest BCUT2D eigenvalue weighted by atomic mass is 35.5. The highest BCUT2D eigenvalue weighted by Crippen LogP contribution is 2.23. The number of nitrogens with one attached hydrogen (secondary N) is 1. The number of carbonyl (C=O) groups is 2. The van der Waals surface area contributed by atoms with Gasteiger partial charge in [-0.2, -0.15) is 5.10 Å². The molecule has 2 N–H and O–H groups in total. The molecule has 0 spiro atoms. The maximum atomic E-state index is 12.0. The molecule has 6 nitrogen and oxygen atoms in total. The van der Waals surface area contributed by atoms with Gasteiger partial charge in [-0.05, 0) is 38.1 Å². The fraction of sp³-hybridized carbons (Fsp3) is 0.214. The minimum atomic E-state index is -1.08. The summed E-state index contributed by atoms with van der Waals surface area (Å²) in [7, 11) is 0. The lowest BCUT2D eigenvalue weighted by molar-refractivity contribution is -0.116. The van der Waals surface area contributed by atoms with Crippen LogP contribution in [0.1, 0.15) is 21.7 Å². The van der Waals surface area contributed by atoms with Gasteiger partial charge in [-0.3, -0.25) is 9.48 Å². The highest BCUT2D eigenvalue weighted by Gasteiger charge is 2.12. The lowest BCUT2D eigenvalue weighted by atomic mass is 10.2. The first-order valence-electron chi connectivity index (χ1n) is 6.20. The third-order valence-corrected chi connectivity index (χ3v) is 3.21. The Labute approximate surface area is 126 Å². The third-order valence-electron chi connectivity index (χ3n) is 2.88. The minimum absolute atomic E-state index is 0.0350. The predicted molar refractivity (Wildman–Crippen MR) is 78.7 cm³/mol. The van der Waals surface area contributed by atoms with Gasteiger partial charge < -0.3 is 10.4 Å². The Morgan fingerprint density at radius 1 is 1.33 bits per heavy atom. The van der Waals surface area contributed by atoms with E-state index < -0.39 is 5.97 Å². The molecule has 0 atom stereocenters. The average molecular weight is 308 g/mol. The number of amides is 1. The number of anilines is 1. The average Bonchev–Trinajstić information content (AvgIpc) is 2.70. The summed E-state index contributed by atoms with van der Waals surface area (Å²) >= 11 is 5.95. The first-order chi connectivity index (χ1) is 9.86. The van der Waals surface area contributed by atoms with E-state index in [1.165, 1.54) is 18.2 Å². The molecule has 0 unspecified atom stereocenters. The third kappa shape index (κ3) is 3.61. The van der Waals surface area contributed by atoms with Gasteiger partial charge in [0.25, 0.3) is 0 Å². The number of carboxylic acid groups (broad SMARTS) is 1. The summed E-state index contributed by atoms with van der Waals surface area (Å²) in [4.78, 5) is 22.9. The Balaban J connectivity index is 2.14. The molecule has 21 heavy (non-hydrogen) atoms. The van der Waals surface area contributed by atoms with Crippen LogP contribution in [-0.2, 0) is 11.3 Å². The fourth-order valence-electron chi connectivity index (χ4n) is 1.91. The molecule has 1 aromatic heterocycles. The van der Waals surface area contributed by atoms with Crippen LogP contribution in [0.25, 0.3) is 0 Å². The minimum Gasteiger partial charge on any atom is -0.478 e. The zero-order valence-electron chi connectivity index (χ0n) is 11.6. The molecule has 0 bridgehead atoms. The number of halogens is 1. The summed E-state index contributed by atoms with van der Waals surface area (Å²) in [6.45, 7) is 3.73. The van der Waals surface area contributed by atoms with E-state index in [1.807, 2.05) is 19.9 Å². The standard InChI is InChI=1S/C14H14ClN3O3/c1-8-5-9(2)18(17-8)7-13(19)16-12-6-10(14(20)21)3-4-11(12)15/h3-6H,7H2,1-2H3,(H,16,19)(H,20,21). The molecular formula is C14H14ClN3O3. The van der Waals surface area contributed by atoms with Crippen molar-refractivity contribution in [3.05, 3.63) is 46.2 Å². The number of aromatic carboxylic acids is 1. The molecular weight excluding hydrogens is 294 g/mol. The number of hydrogen-bond acceptors (Lipinski definition) is 3. The molecule has 110 valence electrons. The van der Waals surface area contributed by atoms with Crippen molar-refractivity contribution in [3.8, 4) is 0 Å². The van der Waals surface area contributed by atoms with Gasteiger partial charge in [0.15, 0.2) is 0 Å². The number of benzene rings is 1. The van der Waals surface area contributed by atoms with Crippen molar-refractivity contribution in [2.75, 3.05) is 5.32 Å². The van der Waals surface area contributed by atoms with Crippen LogP contribution in [0.5, 0.6) is 0 Å². The van der Waals surface area contributed by atoms with Crippen LogP contribution in [0.2, 0.25) is 5.02 Å². The Kier molecular flexibility index (Phi) is 4.28. The van der Waals surface area contributed by atoms with Crippen LogP contribution in [0, 0.1) is 13.8 Å². The van der Waals surface area contributed by atoms with E-state index in [2.05, 4.69) is 10.4 Å². The zero-order valence-corrected chi connectivity index (χ0v) is 12.3. The van der Waals surface area contributed by atoms with Gasteiger partial charge in [0.1, 0.15) is 6.54 Å². The van der Waals surface area contributed by atoms with Crippen molar-refractivity contribution in [1.29, 1.82) is 0 Å². The van der Waals surface area contributed by atoms with Crippen LogP contribution >= 0.6 is 11.6 Å². The van der Waals surface area contributed by atoms with Crippen molar-refractivity contribution in [3.63, 3.8) is 0 Å². The summed E-state index contributed by atoms with van der Waals surface area (Å²) in [5.74, 6) is -1.41. The maximum absolute atomic E-state index is 12.0. The lowest BCUT2D eigenvalue weighted by Crippen LogP contribution is -2.20. The molecule has 0 aliphatic carbocycles. The highest BCUT2D eigenvalue weighted by molar-refractivity contribution is 6.33. The SMILES string of the molecule is Cc1cc(C)n(CC(=O)Nc2cc(C(=O)O)ccc2Cl)n1. The maximum Gasteiger partial charge on any atom is 0.335 e. The van der Waals surface area contributed by atoms with Crippen LogP contribution in [-0.4, -0.2) is 26.8 Å². The van der Waals surface area contributed by atoms with Crippen molar-refractivity contribution in [1.82, 2.24) is 9.78 Å². The fourth-order valence-corrected chi connectivity index (χ4v) is 2.08. The van der Waals surface area contributed by atoms with Gasteiger partial charge >= 0.3 is 5.97 Å². The van der Waals surface area contributed by atoms with Gasteiger partial charge in [0.05, 0.1) is 22.0 Å². The van der Waals surface area contributed by atoms with Gasteiger partial charge in [0, 0.05) is 5.69 Å². The largest absolute Gasteiger partial charge is 0.478 e. The van der Waals surface area contributed by atoms with Crippen LogP contribution in [0.4, 0.5) is 5.69 Å². The van der Waals surface area contributed by atoms with Crippen molar-refractivity contribution in [2.24, 2.45) is 0 Å². The predicted octanol–water partition coefficient (Wildman–Crippen LogP) is 2.49. The van der Waals surface area contributed by atoms with Crippen molar-refractivity contribution in [2.45, 2.75) is 20.4 Å². The molecule has 0 fully saturated rings. The van der Waals surface area contributed by atoms with Crippen molar-refractivity contribution >= 4 is 29.2 Å². The summed E-state index contributed by atoms with van der Waals surface area (Å²) in [6.07, 6.45) is 0. The summed E-state index contributed by atoms with van der Waals surface area (Å²) < 4.78 is 1.57. The van der Waals surface area contributed by atoms with E-state index in [1.54, 1.807) is 4.68 Å². The molecule has 1 amide bonds. The summed E-state index contributed by atoms with van der Waals surface area (Å²) in [5, 5.41) is 16.0. The Hall–Kier alpha value is -2.34. The van der Waals surface area contributed by atoms with E-state index in [9.17, 15) is 9.59 Å². The molecule has 0 saturated heterocycles. The Morgan fingerprint density at radius 2 is 2.05 bits per heavy atom. The molecule has 2 aromatic rings. The molecule has 0 saturated carbocycles. The first kappa shape index (κ1) is 15.1. The Bertz CT molecular complexity index is 709. The van der Waals surface area contributed by atoms with Gasteiger partial charge in [0.2, 0.25) is 5.91 Å². The van der Waals surface area contributed by atoms with Crippen molar-refractivity contribution < 1.29 is 14.7 Å². The number of carbonyl (C=O) groups excluding carboxylic acids is 1. The summed E-state index contributed by atoms with van der Waals surface area (Å²) in [5.41, 5.74) is 2.02. The summed E-state index contributed by atoms with van der Waals surface area (Å²) in [6, 6.07) is 6.00. The van der Waals surface area contributed by atoms with E-state index in [-0.39, 0.29) is 28.7 Å². The monoisotopic (exact) mass is 307 g/mol. The smallest absolute Gasteiger partial charge is 0.335 e. The number of aryl methyl sites for hydroxylation is 2. The first-order valence-corrected chi connectivity index (χ1v) is 6.58. The lowest BCUT2D eigenvalue weighted by Gasteiger charge is -2.09. The number of hydrogen-bond donors (Lipinski definition) is 2. The number of aromatic nitrogens is 2. The second-order valence-corrected chi connectivity index (χ2v) is 5.04. The van der Waals surface area contributed by atoms with Gasteiger partial charge in [-0.25, -0.2) is 4.79 Å². The normalized spacial score (nSPS) is 10.4.